The van der Waals surface area contributed by atoms with Gasteiger partial charge in [0.15, 0.2) is 11.6 Å². The lowest BCUT2D eigenvalue weighted by atomic mass is 10.1. The van der Waals surface area contributed by atoms with E-state index in [0.29, 0.717) is 13.2 Å². The summed E-state index contributed by atoms with van der Waals surface area (Å²) in [5.74, 6) is -0.0895. The Balaban J connectivity index is 1.52. The largest absolute Gasteiger partial charge is 0.494 e. The normalized spacial score (nSPS) is 10.3. The molecule has 0 bridgehead atoms. The van der Waals surface area contributed by atoms with Crippen molar-refractivity contribution in [2.75, 3.05) is 7.11 Å². The fraction of sp³-hybridized carbons (Fsp3) is 0.143. The number of hydrogen-bond acceptors (Lipinski definition) is 4. The number of nitrogens with zero attached hydrogens (tertiary/aromatic N) is 1. The summed E-state index contributed by atoms with van der Waals surface area (Å²) in [4.78, 5) is 16.2. The summed E-state index contributed by atoms with van der Waals surface area (Å²) < 4.78 is 24.2. The van der Waals surface area contributed by atoms with Crippen LogP contribution in [0.1, 0.15) is 21.5 Å². The van der Waals surface area contributed by atoms with Gasteiger partial charge >= 0.3 is 0 Å². The van der Waals surface area contributed by atoms with Gasteiger partial charge in [-0.25, -0.2) is 4.39 Å². The molecule has 0 aliphatic carbocycles. The molecule has 0 fully saturated rings. The molecule has 3 rings (SSSR count). The van der Waals surface area contributed by atoms with E-state index >= 15 is 0 Å². The minimum absolute atomic E-state index is 0.105. The Morgan fingerprint density at radius 1 is 1.11 bits per heavy atom. The lowest BCUT2D eigenvalue weighted by Crippen LogP contribution is -2.22. The minimum atomic E-state index is -0.569. The van der Waals surface area contributed by atoms with Crippen LogP contribution in [0.15, 0.2) is 67.0 Å². The number of rotatable bonds is 7. The summed E-state index contributed by atoms with van der Waals surface area (Å²) in [5, 5.41) is 2.76. The van der Waals surface area contributed by atoms with Crippen LogP contribution >= 0.6 is 0 Å². The number of carbonyl (C=O) groups excluding carboxylic acids is 1. The predicted molar refractivity (Wildman–Crippen MR) is 99.1 cm³/mol. The molecule has 0 unspecified atom stereocenters. The molecule has 0 spiro atoms. The van der Waals surface area contributed by atoms with Crippen LogP contribution < -0.4 is 14.8 Å². The number of benzene rings is 2. The van der Waals surface area contributed by atoms with Crippen molar-refractivity contribution in [3.8, 4) is 11.5 Å². The topological polar surface area (TPSA) is 60.5 Å². The van der Waals surface area contributed by atoms with Crippen molar-refractivity contribution >= 4 is 5.91 Å². The Bertz CT molecular complexity index is 899. The standard InChI is InChI=1S/C21H19FN2O3/c1-26-20-9-6-17(11-19(20)22)21(25)24-13-15-4-7-18(8-5-15)27-14-16-3-2-10-23-12-16/h2-12H,13-14H2,1H3,(H,24,25). The van der Waals surface area contributed by atoms with E-state index in [1.54, 1.807) is 12.4 Å². The van der Waals surface area contributed by atoms with Crippen LogP contribution in [-0.4, -0.2) is 18.0 Å². The zero-order chi connectivity index (χ0) is 19.1. The van der Waals surface area contributed by atoms with Gasteiger partial charge in [0.1, 0.15) is 12.4 Å². The lowest BCUT2D eigenvalue weighted by Gasteiger charge is -2.09. The third kappa shape index (κ3) is 5.04. The highest BCUT2D eigenvalue weighted by atomic mass is 19.1. The Hall–Kier alpha value is -3.41. The maximum absolute atomic E-state index is 13.7. The smallest absolute Gasteiger partial charge is 0.251 e. The Morgan fingerprint density at radius 2 is 1.93 bits per heavy atom. The molecule has 2 aromatic carbocycles. The van der Waals surface area contributed by atoms with Gasteiger partial charge in [-0.1, -0.05) is 18.2 Å². The molecule has 0 radical (unpaired) electrons. The summed E-state index contributed by atoms with van der Waals surface area (Å²) >= 11 is 0. The first-order chi connectivity index (χ1) is 13.2. The average Bonchev–Trinajstić information content (AvgIpc) is 2.72. The molecule has 138 valence electrons. The summed E-state index contributed by atoms with van der Waals surface area (Å²) in [7, 11) is 1.38. The number of amides is 1. The highest BCUT2D eigenvalue weighted by Crippen LogP contribution is 2.18. The lowest BCUT2D eigenvalue weighted by molar-refractivity contribution is 0.0950. The number of aromatic nitrogens is 1. The van der Waals surface area contributed by atoms with Crippen LogP contribution in [0.5, 0.6) is 11.5 Å². The van der Waals surface area contributed by atoms with Gasteiger partial charge in [-0.2, -0.15) is 0 Å². The number of carbonyl (C=O) groups is 1. The SMILES string of the molecule is COc1ccc(C(=O)NCc2ccc(OCc3cccnc3)cc2)cc1F. The number of ether oxygens (including phenoxy) is 2. The summed E-state index contributed by atoms with van der Waals surface area (Å²) in [6, 6.07) is 15.3. The van der Waals surface area contributed by atoms with E-state index in [9.17, 15) is 9.18 Å². The van der Waals surface area contributed by atoms with Crippen molar-refractivity contribution < 1.29 is 18.7 Å². The average molecular weight is 366 g/mol. The quantitative estimate of drug-likeness (QED) is 0.692. The van der Waals surface area contributed by atoms with E-state index in [1.807, 2.05) is 36.4 Å². The molecule has 27 heavy (non-hydrogen) atoms. The second-order valence-electron chi connectivity index (χ2n) is 5.83. The fourth-order valence-electron chi connectivity index (χ4n) is 2.45. The zero-order valence-electron chi connectivity index (χ0n) is 14.8. The first-order valence-corrected chi connectivity index (χ1v) is 8.38. The van der Waals surface area contributed by atoms with Crippen molar-refractivity contribution in [3.05, 3.63) is 89.5 Å². The van der Waals surface area contributed by atoms with Gasteiger partial charge in [0.2, 0.25) is 0 Å². The molecule has 1 N–H and O–H groups in total. The first kappa shape index (κ1) is 18.4. The molecule has 5 nitrogen and oxygen atoms in total. The van der Waals surface area contributed by atoms with E-state index in [-0.39, 0.29) is 17.2 Å². The van der Waals surface area contributed by atoms with Crippen molar-refractivity contribution in [1.82, 2.24) is 10.3 Å². The van der Waals surface area contributed by atoms with Gasteiger partial charge in [-0.05, 0) is 42.0 Å². The van der Waals surface area contributed by atoms with Crippen LogP contribution in [0, 0.1) is 5.82 Å². The molecule has 0 atom stereocenters. The maximum Gasteiger partial charge on any atom is 0.251 e. The molecule has 1 aromatic heterocycles. The van der Waals surface area contributed by atoms with Gasteiger partial charge < -0.3 is 14.8 Å². The van der Waals surface area contributed by atoms with Crippen LogP contribution in [0.2, 0.25) is 0 Å². The highest BCUT2D eigenvalue weighted by Gasteiger charge is 2.10. The molecule has 0 saturated heterocycles. The molecule has 6 heteroatoms. The van der Waals surface area contributed by atoms with Gasteiger partial charge in [-0.15, -0.1) is 0 Å². The fourth-order valence-corrected chi connectivity index (χ4v) is 2.45. The zero-order valence-corrected chi connectivity index (χ0v) is 14.8. The monoisotopic (exact) mass is 366 g/mol. The molecule has 3 aromatic rings. The number of halogens is 1. The maximum atomic E-state index is 13.7. The third-order valence-corrected chi connectivity index (χ3v) is 3.92. The first-order valence-electron chi connectivity index (χ1n) is 8.38. The van der Waals surface area contributed by atoms with Crippen LogP contribution in [0.25, 0.3) is 0 Å². The molecule has 0 aliphatic heterocycles. The van der Waals surface area contributed by atoms with Crippen molar-refractivity contribution in [2.24, 2.45) is 0 Å². The van der Waals surface area contributed by atoms with E-state index < -0.39 is 5.82 Å². The Kier molecular flexibility index (Phi) is 5.99. The Morgan fingerprint density at radius 3 is 2.59 bits per heavy atom. The summed E-state index contributed by atoms with van der Waals surface area (Å²) in [6.45, 7) is 0.766. The second kappa shape index (κ2) is 8.80. The van der Waals surface area contributed by atoms with Crippen LogP contribution in [0.4, 0.5) is 4.39 Å². The molecular weight excluding hydrogens is 347 g/mol. The van der Waals surface area contributed by atoms with Crippen LogP contribution in [0.3, 0.4) is 0 Å². The number of nitrogens with one attached hydrogen (secondary N) is 1. The van der Waals surface area contributed by atoms with Crippen molar-refractivity contribution in [1.29, 1.82) is 0 Å². The second-order valence-corrected chi connectivity index (χ2v) is 5.83. The molecule has 1 amide bonds. The van der Waals surface area contributed by atoms with E-state index in [0.717, 1.165) is 22.9 Å². The molecule has 1 heterocycles. The highest BCUT2D eigenvalue weighted by molar-refractivity contribution is 5.94. The molecular formula is C21H19FN2O3. The Labute approximate surface area is 156 Å². The van der Waals surface area contributed by atoms with E-state index in [2.05, 4.69) is 10.3 Å². The minimum Gasteiger partial charge on any atom is -0.494 e. The predicted octanol–water partition coefficient (Wildman–Crippen LogP) is 3.74. The van der Waals surface area contributed by atoms with E-state index in [1.165, 1.54) is 19.2 Å². The van der Waals surface area contributed by atoms with E-state index in [4.69, 9.17) is 9.47 Å². The summed E-state index contributed by atoms with van der Waals surface area (Å²) in [5.41, 5.74) is 2.14. The number of methoxy groups -OCH3 is 1. The third-order valence-electron chi connectivity index (χ3n) is 3.92. The van der Waals surface area contributed by atoms with Gasteiger partial charge in [0, 0.05) is 30.1 Å². The van der Waals surface area contributed by atoms with Gasteiger partial charge in [0.25, 0.3) is 5.91 Å². The van der Waals surface area contributed by atoms with Gasteiger partial charge in [-0.3, -0.25) is 9.78 Å². The van der Waals surface area contributed by atoms with Crippen molar-refractivity contribution in [2.45, 2.75) is 13.2 Å². The van der Waals surface area contributed by atoms with Crippen LogP contribution in [-0.2, 0) is 13.2 Å². The number of pyridine rings is 1. The van der Waals surface area contributed by atoms with Crippen molar-refractivity contribution in [3.63, 3.8) is 0 Å². The van der Waals surface area contributed by atoms with Gasteiger partial charge in [0.05, 0.1) is 7.11 Å². The summed E-state index contributed by atoms with van der Waals surface area (Å²) in [6.07, 6.45) is 3.47. The molecule has 0 saturated carbocycles. The molecule has 0 aliphatic rings. The number of hydrogen-bond donors (Lipinski definition) is 1.